The predicted octanol–water partition coefficient (Wildman–Crippen LogP) is -0.619. The van der Waals surface area contributed by atoms with Gasteiger partial charge in [0.25, 0.3) is 5.91 Å². The Morgan fingerprint density at radius 3 is 2.47 bits per heavy atom. The van der Waals surface area contributed by atoms with Crippen molar-refractivity contribution in [3.8, 4) is 0 Å². The van der Waals surface area contributed by atoms with Crippen molar-refractivity contribution >= 4 is 24.7 Å². The number of methoxy groups -OCH3 is 1. The van der Waals surface area contributed by atoms with Gasteiger partial charge in [-0.2, -0.15) is 0 Å². The van der Waals surface area contributed by atoms with Crippen molar-refractivity contribution in [1.29, 1.82) is 0 Å². The molecule has 0 unspecified atom stereocenters. The summed E-state index contributed by atoms with van der Waals surface area (Å²) in [4.78, 5) is 44.7. The van der Waals surface area contributed by atoms with Crippen LogP contribution >= 0.6 is 0 Å². The summed E-state index contributed by atoms with van der Waals surface area (Å²) in [5.74, 6) is -2.64. The molecule has 0 saturated heterocycles. The maximum Gasteiger partial charge on any atom is 0.475 e. The van der Waals surface area contributed by atoms with E-state index in [1.807, 2.05) is 0 Å². The van der Waals surface area contributed by atoms with Crippen molar-refractivity contribution in [3.63, 3.8) is 0 Å². The van der Waals surface area contributed by atoms with Crippen LogP contribution in [0.3, 0.4) is 0 Å². The molecule has 30 heavy (non-hydrogen) atoms. The van der Waals surface area contributed by atoms with E-state index >= 15 is 0 Å². The van der Waals surface area contributed by atoms with Crippen molar-refractivity contribution < 1.29 is 29.2 Å². The Labute approximate surface area is 173 Å². The fourth-order valence-corrected chi connectivity index (χ4v) is 2.63. The zero-order valence-corrected chi connectivity index (χ0v) is 16.4. The molecule has 1 aromatic carbocycles. The van der Waals surface area contributed by atoms with Gasteiger partial charge in [0.1, 0.15) is 11.7 Å². The molecular weight excluding hydrogens is 391 g/mol. The number of carbonyl (C=O) groups is 3. The SMILES string of the molecule is COC[C@@H](NC(=O)c1cnccn1)C(=O)N[C@@H](CCC(=O)c1ccccc1)B(O)O. The summed E-state index contributed by atoms with van der Waals surface area (Å²) < 4.78 is 4.97. The van der Waals surface area contributed by atoms with Crippen LogP contribution in [0.4, 0.5) is 0 Å². The highest BCUT2D eigenvalue weighted by Crippen LogP contribution is 2.08. The molecule has 2 amide bonds. The Morgan fingerprint density at radius 1 is 1.13 bits per heavy atom. The number of carbonyl (C=O) groups excluding carboxylic acids is 3. The molecule has 1 aromatic heterocycles. The lowest BCUT2D eigenvalue weighted by atomic mass is 9.76. The van der Waals surface area contributed by atoms with E-state index in [-0.39, 0.29) is 30.9 Å². The van der Waals surface area contributed by atoms with Crippen molar-refractivity contribution in [2.24, 2.45) is 0 Å². The highest BCUT2D eigenvalue weighted by molar-refractivity contribution is 6.43. The topological polar surface area (TPSA) is 151 Å². The van der Waals surface area contributed by atoms with Crippen LogP contribution in [0.2, 0.25) is 0 Å². The summed E-state index contributed by atoms with van der Waals surface area (Å²) in [6, 6.07) is 7.42. The first-order valence-corrected chi connectivity index (χ1v) is 9.23. The fraction of sp³-hybridized carbons (Fsp3) is 0.316. The van der Waals surface area contributed by atoms with Gasteiger partial charge >= 0.3 is 7.12 Å². The lowest BCUT2D eigenvalue weighted by molar-refractivity contribution is -0.124. The largest absolute Gasteiger partial charge is 0.475 e. The van der Waals surface area contributed by atoms with E-state index in [9.17, 15) is 24.4 Å². The summed E-state index contributed by atoms with van der Waals surface area (Å²) in [5.41, 5.74) is 0.502. The summed E-state index contributed by atoms with van der Waals surface area (Å²) in [6.45, 7) is -0.158. The van der Waals surface area contributed by atoms with Gasteiger partial charge in [-0.15, -0.1) is 0 Å². The fourth-order valence-electron chi connectivity index (χ4n) is 2.63. The first-order chi connectivity index (χ1) is 14.4. The molecule has 11 heteroatoms. The number of hydrogen-bond acceptors (Lipinski definition) is 8. The number of benzene rings is 1. The number of ether oxygens (including phenoxy) is 1. The number of ketones is 1. The second kappa shape index (κ2) is 11.8. The number of nitrogens with one attached hydrogen (secondary N) is 2. The lowest BCUT2D eigenvalue weighted by Gasteiger charge is -2.22. The summed E-state index contributed by atoms with van der Waals surface area (Å²) >= 11 is 0. The monoisotopic (exact) mass is 414 g/mol. The Kier molecular flexibility index (Phi) is 9.07. The highest BCUT2D eigenvalue weighted by Gasteiger charge is 2.30. The third kappa shape index (κ3) is 7.03. The first-order valence-electron chi connectivity index (χ1n) is 9.23. The van der Waals surface area contributed by atoms with Gasteiger partial charge in [-0.25, -0.2) is 4.98 Å². The molecule has 0 spiro atoms. The quantitative estimate of drug-likeness (QED) is 0.281. The molecule has 2 rings (SSSR count). The van der Waals surface area contributed by atoms with Crippen molar-refractivity contribution in [2.75, 3.05) is 13.7 Å². The molecule has 0 aliphatic rings. The molecular formula is C19H23BN4O6. The molecule has 2 atom stereocenters. The molecule has 158 valence electrons. The minimum atomic E-state index is -1.89. The van der Waals surface area contributed by atoms with Crippen LogP contribution in [0.1, 0.15) is 33.7 Å². The van der Waals surface area contributed by atoms with E-state index in [2.05, 4.69) is 20.6 Å². The first kappa shape index (κ1) is 23.1. The van der Waals surface area contributed by atoms with Crippen LogP contribution in [-0.2, 0) is 9.53 Å². The van der Waals surface area contributed by atoms with E-state index in [1.54, 1.807) is 30.3 Å². The van der Waals surface area contributed by atoms with Crippen molar-refractivity contribution in [3.05, 3.63) is 60.2 Å². The third-order valence-electron chi connectivity index (χ3n) is 4.22. The van der Waals surface area contributed by atoms with Crippen LogP contribution in [-0.4, -0.2) is 70.4 Å². The molecule has 0 fully saturated rings. The Balaban J connectivity index is 1.98. The molecule has 0 aliphatic heterocycles. The van der Waals surface area contributed by atoms with Gasteiger partial charge in [-0.05, 0) is 6.42 Å². The summed E-state index contributed by atoms with van der Waals surface area (Å²) in [7, 11) is -0.539. The Bertz CT molecular complexity index is 837. The van der Waals surface area contributed by atoms with Gasteiger partial charge < -0.3 is 25.4 Å². The minimum absolute atomic E-state index is 0.00502. The number of Topliss-reactive ketones (excluding diaryl/α,β-unsaturated/α-hetero) is 1. The maximum atomic E-state index is 12.6. The van der Waals surface area contributed by atoms with E-state index in [0.717, 1.165) is 0 Å². The molecule has 0 bridgehead atoms. The molecule has 10 nitrogen and oxygen atoms in total. The zero-order valence-electron chi connectivity index (χ0n) is 16.4. The van der Waals surface area contributed by atoms with Crippen molar-refractivity contribution in [2.45, 2.75) is 24.8 Å². The van der Waals surface area contributed by atoms with Gasteiger partial charge in [0.2, 0.25) is 5.91 Å². The van der Waals surface area contributed by atoms with E-state index in [0.29, 0.717) is 5.56 Å². The normalized spacial score (nSPS) is 12.5. The standard InChI is InChI=1S/C19H23BN4O6/c1-30-12-15(23-18(26)14-11-21-9-10-22-14)19(27)24-17(20(28)29)8-7-16(25)13-5-3-2-4-6-13/h2-6,9-11,15,17,28-29H,7-8,12H2,1H3,(H,23,26)(H,24,27)/t15-,17+/m1/s1. The third-order valence-corrected chi connectivity index (χ3v) is 4.22. The Morgan fingerprint density at radius 2 is 1.87 bits per heavy atom. The molecule has 4 N–H and O–H groups in total. The molecule has 0 radical (unpaired) electrons. The minimum Gasteiger partial charge on any atom is -0.426 e. The average molecular weight is 414 g/mol. The number of nitrogens with zero attached hydrogens (tertiary/aromatic N) is 2. The van der Waals surface area contributed by atoms with Gasteiger partial charge in [0.05, 0.1) is 18.7 Å². The summed E-state index contributed by atoms with van der Waals surface area (Å²) in [6.07, 6.45) is 3.97. The lowest BCUT2D eigenvalue weighted by Crippen LogP contribution is -2.55. The highest BCUT2D eigenvalue weighted by atomic mass is 16.5. The van der Waals surface area contributed by atoms with E-state index in [4.69, 9.17) is 4.74 Å². The van der Waals surface area contributed by atoms with Crippen LogP contribution in [0.15, 0.2) is 48.9 Å². The van der Waals surface area contributed by atoms with Gasteiger partial charge in [-0.1, -0.05) is 30.3 Å². The molecule has 0 aliphatic carbocycles. The van der Waals surface area contributed by atoms with Gasteiger partial charge in [0, 0.05) is 31.5 Å². The van der Waals surface area contributed by atoms with E-state index in [1.165, 1.54) is 25.7 Å². The van der Waals surface area contributed by atoms with Crippen molar-refractivity contribution in [1.82, 2.24) is 20.6 Å². The second-order valence-electron chi connectivity index (χ2n) is 6.43. The number of hydrogen-bond donors (Lipinski definition) is 4. The number of amides is 2. The maximum absolute atomic E-state index is 12.6. The second-order valence-corrected chi connectivity index (χ2v) is 6.43. The van der Waals surface area contributed by atoms with Crippen LogP contribution in [0, 0.1) is 0 Å². The molecule has 0 saturated carbocycles. The van der Waals surface area contributed by atoms with Crippen LogP contribution in [0.5, 0.6) is 0 Å². The number of rotatable bonds is 11. The van der Waals surface area contributed by atoms with Crippen LogP contribution in [0.25, 0.3) is 0 Å². The number of aromatic nitrogens is 2. The molecule has 1 heterocycles. The Hall–Kier alpha value is -3.15. The summed E-state index contributed by atoms with van der Waals surface area (Å²) in [5, 5.41) is 24.1. The average Bonchev–Trinajstić information content (AvgIpc) is 2.76. The predicted molar refractivity (Wildman–Crippen MR) is 107 cm³/mol. The smallest absolute Gasteiger partial charge is 0.426 e. The molecule has 2 aromatic rings. The zero-order chi connectivity index (χ0) is 21.9. The van der Waals surface area contributed by atoms with E-state index < -0.39 is 30.9 Å². The van der Waals surface area contributed by atoms with Gasteiger partial charge in [-0.3, -0.25) is 19.4 Å². The van der Waals surface area contributed by atoms with Gasteiger partial charge in [0.15, 0.2) is 5.78 Å². The van der Waals surface area contributed by atoms with Crippen LogP contribution < -0.4 is 10.6 Å².